The summed E-state index contributed by atoms with van der Waals surface area (Å²) in [7, 11) is 0. The molecule has 1 rings (SSSR count). The largest absolute Gasteiger partial charge is 0.334 e. The lowest BCUT2D eigenvalue weighted by atomic mass is 10.2. The number of unbranched alkanes of at least 4 members (excludes halogenated alkanes) is 1. The van der Waals surface area contributed by atoms with E-state index >= 15 is 0 Å². The van der Waals surface area contributed by atoms with Crippen LogP contribution in [-0.2, 0) is 6.42 Å². The molecule has 1 aromatic rings. The van der Waals surface area contributed by atoms with Crippen LogP contribution < -0.4 is 0 Å². The van der Waals surface area contributed by atoms with Crippen LogP contribution in [0.5, 0.6) is 0 Å². The van der Waals surface area contributed by atoms with Gasteiger partial charge in [0.1, 0.15) is 11.8 Å². The van der Waals surface area contributed by atoms with Gasteiger partial charge in [0.05, 0.1) is 0 Å². The van der Waals surface area contributed by atoms with Crippen LogP contribution in [0.25, 0.3) is 0 Å². The molecule has 1 aromatic heterocycles. The maximum absolute atomic E-state index is 8.94. The van der Waals surface area contributed by atoms with E-state index in [4.69, 9.17) is 5.26 Å². The summed E-state index contributed by atoms with van der Waals surface area (Å²) in [5.74, 6) is 0. The van der Waals surface area contributed by atoms with Gasteiger partial charge in [-0.3, -0.25) is 0 Å². The molecule has 0 bridgehead atoms. The fraction of sp³-hybridized carbons (Fsp3) is 0.583. The smallest absolute Gasteiger partial charge is 0.120 e. The SMILES string of the molecule is CCCCc1ccc(C#N)n1C(C)C. The van der Waals surface area contributed by atoms with Crippen molar-refractivity contribution in [3.8, 4) is 6.07 Å². The van der Waals surface area contributed by atoms with Gasteiger partial charge in [0.15, 0.2) is 0 Å². The fourth-order valence-corrected chi connectivity index (χ4v) is 1.75. The number of aromatic nitrogens is 1. The molecule has 0 fully saturated rings. The molecule has 0 radical (unpaired) electrons. The average molecular weight is 190 g/mol. The predicted molar refractivity (Wildman–Crippen MR) is 58.1 cm³/mol. The summed E-state index contributed by atoms with van der Waals surface area (Å²) >= 11 is 0. The van der Waals surface area contributed by atoms with Gasteiger partial charge in [0.2, 0.25) is 0 Å². The number of aryl methyl sites for hydroxylation is 1. The van der Waals surface area contributed by atoms with Gasteiger partial charge in [-0.05, 0) is 38.8 Å². The van der Waals surface area contributed by atoms with Crippen molar-refractivity contribution < 1.29 is 0 Å². The number of nitrogens with zero attached hydrogens (tertiary/aromatic N) is 2. The lowest BCUT2D eigenvalue weighted by Gasteiger charge is -2.14. The van der Waals surface area contributed by atoms with Crippen LogP contribution >= 0.6 is 0 Å². The molecule has 2 nitrogen and oxygen atoms in total. The van der Waals surface area contributed by atoms with Crippen molar-refractivity contribution in [2.24, 2.45) is 0 Å². The first kappa shape index (κ1) is 10.8. The Morgan fingerprint density at radius 2 is 2.14 bits per heavy atom. The third-order valence-electron chi connectivity index (χ3n) is 2.42. The molecular formula is C12H18N2. The number of nitriles is 1. The summed E-state index contributed by atoms with van der Waals surface area (Å²) in [6.07, 6.45) is 3.48. The van der Waals surface area contributed by atoms with Crippen molar-refractivity contribution in [2.75, 3.05) is 0 Å². The number of rotatable bonds is 4. The second-order valence-corrected chi connectivity index (χ2v) is 3.89. The Labute approximate surface area is 86.2 Å². The van der Waals surface area contributed by atoms with Crippen LogP contribution in [0.2, 0.25) is 0 Å². The third kappa shape index (κ3) is 2.17. The van der Waals surface area contributed by atoms with E-state index in [9.17, 15) is 0 Å². The van der Waals surface area contributed by atoms with Crippen LogP contribution in [0.1, 0.15) is 51.0 Å². The average Bonchev–Trinajstić information content (AvgIpc) is 2.57. The molecule has 0 unspecified atom stereocenters. The summed E-state index contributed by atoms with van der Waals surface area (Å²) in [6.45, 7) is 6.43. The number of hydrogen-bond donors (Lipinski definition) is 0. The van der Waals surface area contributed by atoms with Gasteiger partial charge in [0.25, 0.3) is 0 Å². The summed E-state index contributed by atoms with van der Waals surface area (Å²) in [6, 6.07) is 6.62. The highest BCUT2D eigenvalue weighted by atomic mass is 15.0. The molecule has 1 heterocycles. The maximum Gasteiger partial charge on any atom is 0.120 e. The van der Waals surface area contributed by atoms with Crippen molar-refractivity contribution in [1.82, 2.24) is 4.57 Å². The van der Waals surface area contributed by atoms with Crippen LogP contribution in [0, 0.1) is 11.3 Å². The molecule has 14 heavy (non-hydrogen) atoms. The first-order valence-corrected chi connectivity index (χ1v) is 5.31. The van der Waals surface area contributed by atoms with Crippen molar-refractivity contribution in [3.05, 3.63) is 23.5 Å². The Morgan fingerprint density at radius 3 is 2.64 bits per heavy atom. The zero-order chi connectivity index (χ0) is 10.6. The zero-order valence-electron chi connectivity index (χ0n) is 9.25. The molecule has 0 saturated heterocycles. The van der Waals surface area contributed by atoms with Gasteiger partial charge in [-0.25, -0.2) is 0 Å². The molecule has 76 valence electrons. The topological polar surface area (TPSA) is 28.7 Å². The van der Waals surface area contributed by atoms with Crippen LogP contribution in [0.3, 0.4) is 0 Å². The quantitative estimate of drug-likeness (QED) is 0.716. The normalized spacial score (nSPS) is 10.5. The van der Waals surface area contributed by atoms with Crippen LogP contribution in [0.15, 0.2) is 12.1 Å². The van der Waals surface area contributed by atoms with Gasteiger partial charge in [-0.1, -0.05) is 13.3 Å². The zero-order valence-corrected chi connectivity index (χ0v) is 9.25. The van der Waals surface area contributed by atoms with Crippen molar-refractivity contribution in [3.63, 3.8) is 0 Å². The molecule has 0 spiro atoms. The van der Waals surface area contributed by atoms with E-state index in [0.29, 0.717) is 6.04 Å². The van der Waals surface area contributed by atoms with E-state index in [0.717, 1.165) is 12.1 Å². The molecule has 0 aliphatic heterocycles. The molecule has 2 heteroatoms. The molecule has 0 atom stereocenters. The fourth-order valence-electron chi connectivity index (χ4n) is 1.75. The monoisotopic (exact) mass is 190 g/mol. The van der Waals surface area contributed by atoms with E-state index in [-0.39, 0.29) is 0 Å². The Hall–Kier alpha value is -1.23. The van der Waals surface area contributed by atoms with E-state index in [2.05, 4.69) is 37.5 Å². The van der Waals surface area contributed by atoms with E-state index in [1.54, 1.807) is 0 Å². The first-order chi connectivity index (χ1) is 6.70. The van der Waals surface area contributed by atoms with Gasteiger partial charge < -0.3 is 4.57 Å². The van der Waals surface area contributed by atoms with Gasteiger partial charge in [0, 0.05) is 11.7 Å². The highest BCUT2D eigenvalue weighted by Crippen LogP contribution is 2.17. The summed E-state index contributed by atoms with van der Waals surface area (Å²) < 4.78 is 2.13. The maximum atomic E-state index is 8.94. The Kier molecular flexibility index (Phi) is 3.76. The predicted octanol–water partition coefficient (Wildman–Crippen LogP) is 3.28. The van der Waals surface area contributed by atoms with E-state index in [1.807, 2.05) is 6.07 Å². The number of hydrogen-bond acceptors (Lipinski definition) is 1. The van der Waals surface area contributed by atoms with Crippen molar-refractivity contribution in [2.45, 2.75) is 46.1 Å². The Morgan fingerprint density at radius 1 is 1.43 bits per heavy atom. The second-order valence-electron chi connectivity index (χ2n) is 3.89. The standard InChI is InChI=1S/C12H18N2/c1-4-5-6-11-7-8-12(9-13)14(11)10(2)3/h7-8,10H,4-6H2,1-3H3. The minimum Gasteiger partial charge on any atom is -0.334 e. The van der Waals surface area contributed by atoms with E-state index in [1.165, 1.54) is 18.5 Å². The lowest BCUT2D eigenvalue weighted by Crippen LogP contribution is -2.07. The minimum atomic E-state index is 0.381. The molecule has 0 saturated carbocycles. The molecular weight excluding hydrogens is 172 g/mol. The highest BCUT2D eigenvalue weighted by molar-refractivity contribution is 5.27. The molecule has 0 aromatic carbocycles. The summed E-state index contributed by atoms with van der Waals surface area (Å²) in [5, 5.41) is 8.94. The lowest BCUT2D eigenvalue weighted by molar-refractivity contribution is 0.563. The van der Waals surface area contributed by atoms with Crippen LogP contribution in [0.4, 0.5) is 0 Å². The third-order valence-corrected chi connectivity index (χ3v) is 2.42. The molecule has 0 aliphatic rings. The highest BCUT2D eigenvalue weighted by Gasteiger charge is 2.09. The van der Waals surface area contributed by atoms with Crippen molar-refractivity contribution in [1.29, 1.82) is 5.26 Å². The molecule has 0 N–H and O–H groups in total. The van der Waals surface area contributed by atoms with Crippen LogP contribution in [-0.4, -0.2) is 4.57 Å². The second kappa shape index (κ2) is 4.85. The molecule has 0 amide bonds. The first-order valence-electron chi connectivity index (χ1n) is 5.31. The van der Waals surface area contributed by atoms with Gasteiger partial charge in [-0.2, -0.15) is 5.26 Å². The van der Waals surface area contributed by atoms with Gasteiger partial charge in [-0.15, -0.1) is 0 Å². The van der Waals surface area contributed by atoms with Gasteiger partial charge >= 0.3 is 0 Å². The summed E-state index contributed by atoms with van der Waals surface area (Å²) in [5.41, 5.74) is 2.07. The molecule has 0 aliphatic carbocycles. The minimum absolute atomic E-state index is 0.381. The Bertz CT molecular complexity index is 329. The Balaban J connectivity index is 2.94. The summed E-state index contributed by atoms with van der Waals surface area (Å²) in [4.78, 5) is 0. The van der Waals surface area contributed by atoms with Crippen molar-refractivity contribution >= 4 is 0 Å². The van der Waals surface area contributed by atoms with E-state index < -0.39 is 0 Å².